The summed E-state index contributed by atoms with van der Waals surface area (Å²) >= 11 is 0. The largest absolute Gasteiger partial charge is 0.497 e. The van der Waals surface area contributed by atoms with Gasteiger partial charge in [0.2, 0.25) is 0 Å². The Kier molecular flexibility index (Phi) is 6.23. The van der Waals surface area contributed by atoms with Crippen molar-refractivity contribution in [2.45, 2.75) is 25.1 Å². The van der Waals surface area contributed by atoms with E-state index in [9.17, 15) is 13.0 Å². The predicted molar refractivity (Wildman–Crippen MR) is 96.1 cm³/mol. The van der Waals surface area contributed by atoms with Crippen LogP contribution < -0.4 is 9.64 Å². The van der Waals surface area contributed by atoms with Crippen LogP contribution >= 0.6 is 0 Å². The summed E-state index contributed by atoms with van der Waals surface area (Å²) in [4.78, 5) is 1.94. The first kappa shape index (κ1) is 18.3. The number of benzene rings is 2. The Morgan fingerprint density at radius 1 is 1.12 bits per heavy atom. The number of anilines is 1. The van der Waals surface area contributed by atoms with Gasteiger partial charge in [0, 0.05) is 24.8 Å². The molecule has 0 fully saturated rings. The van der Waals surface area contributed by atoms with Crippen molar-refractivity contribution in [3.05, 3.63) is 60.2 Å². The van der Waals surface area contributed by atoms with E-state index >= 15 is 0 Å². The molecule has 0 spiro atoms. The van der Waals surface area contributed by atoms with Crippen molar-refractivity contribution in [1.82, 2.24) is 0 Å². The molecule has 2 aromatic rings. The van der Waals surface area contributed by atoms with Crippen molar-refractivity contribution >= 4 is 15.8 Å². The van der Waals surface area contributed by atoms with Gasteiger partial charge in [0.05, 0.1) is 7.11 Å². The van der Waals surface area contributed by atoms with Crippen LogP contribution in [0.2, 0.25) is 0 Å². The third-order valence-corrected chi connectivity index (χ3v) is 5.26. The molecule has 1 unspecified atom stereocenters. The fraction of sp³-hybridized carbons (Fsp3) is 0.333. The molecule has 0 heterocycles. The minimum atomic E-state index is -4.10. The molecule has 1 N–H and O–H groups in total. The Hall–Kier alpha value is -2.05. The van der Waals surface area contributed by atoms with Gasteiger partial charge >= 0.3 is 0 Å². The highest BCUT2D eigenvalue weighted by molar-refractivity contribution is 7.86. The van der Waals surface area contributed by atoms with Crippen LogP contribution in [0.3, 0.4) is 0 Å². The molecule has 0 aliphatic carbocycles. The van der Waals surface area contributed by atoms with E-state index in [4.69, 9.17) is 4.74 Å². The first-order chi connectivity index (χ1) is 11.4. The van der Waals surface area contributed by atoms with Gasteiger partial charge in [0.15, 0.2) is 0 Å². The number of nitrogens with zero attached hydrogens (tertiary/aromatic N) is 1. The van der Waals surface area contributed by atoms with E-state index in [2.05, 4.69) is 0 Å². The summed E-state index contributed by atoms with van der Waals surface area (Å²) < 4.78 is 37.9. The molecule has 5 nitrogen and oxygen atoms in total. The third-order valence-electron chi connectivity index (χ3n) is 3.94. The molecule has 0 aliphatic rings. The molecule has 0 aliphatic heterocycles. The Morgan fingerprint density at radius 2 is 1.83 bits per heavy atom. The average Bonchev–Trinajstić information content (AvgIpc) is 2.58. The zero-order chi connectivity index (χ0) is 17.6. The first-order valence-corrected chi connectivity index (χ1v) is 9.33. The van der Waals surface area contributed by atoms with Gasteiger partial charge in [-0.1, -0.05) is 43.3 Å². The Bertz CT molecular complexity index is 747. The summed E-state index contributed by atoms with van der Waals surface area (Å²) in [6, 6.07) is 17.3. The zero-order valence-corrected chi connectivity index (χ0v) is 14.7. The van der Waals surface area contributed by atoms with Crippen LogP contribution in [0.25, 0.3) is 0 Å². The molecule has 0 aromatic heterocycles. The van der Waals surface area contributed by atoms with E-state index in [1.807, 2.05) is 59.5 Å². The van der Waals surface area contributed by atoms with E-state index in [1.165, 1.54) is 0 Å². The smallest absolute Gasteiger partial charge is 0.269 e. The lowest BCUT2D eigenvalue weighted by atomic mass is 10.1. The molecule has 6 heteroatoms. The normalized spacial score (nSPS) is 12.6. The lowest BCUT2D eigenvalue weighted by molar-refractivity contribution is 0.414. The van der Waals surface area contributed by atoms with Crippen LogP contribution in [-0.2, 0) is 16.7 Å². The van der Waals surface area contributed by atoms with Crippen molar-refractivity contribution < 1.29 is 17.7 Å². The van der Waals surface area contributed by atoms with Crippen molar-refractivity contribution in [3.63, 3.8) is 0 Å². The van der Waals surface area contributed by atoms with Crippen molar-refractivity contribution in [2.75, 3.05) is 18.6 Å². The van der Waals surface area contributed by atoms with Crippen LogP contribution in [0.1, 0.15) is 18.9 Å². The molecule has 0 radical (unpaired) electrons. The van der Waals surface area contributed by atoms with Gasteiger partial charge in [0.1, 0.15) is 11.0 Å². The van der Waals surface area contributed by atoms with Crippen LogP contribution in [-0.4, -0.2) is 31.9 Å². The molecule has 1 atom stereocenters. The van der Waals surface area contributed by atoms with Gasteiger partial charge in [-0.2, -0.15) is 8.42 Å². The van der Waals surface area contributed by atoms with Crippen LogP contribution in [0.4, 0.5) is 5.69 Å². The molecule has 0 saturated heterocycles. The van der Waals surface area contributed by atoms with Gasteiger partial charge in [-0.15, -0.1) is 0 Å². The number of hydrogen-bond acceptors (Lipinski definition) is 4. The summed E-state index contributed by atoms with van der Waals surface area (Å²) in [5.74, 6) is 0.700. The summed E-state index contributed by atoms with van der Waals surface area (Å²) in [5.41, 5.74) is 1.91. The molecule has 2 aromatic carbocycles. The highest BCUT2D eigenvalue weighted by Gasteiger charge is 2.24. The van der Waals surface area contributed by atoms with E-state index < -0.39 is 15.4 Å². The summed E-state index contributed by atoms with van der Waals surface area (Å²) in [6.07, 6.45) is 0.341. The highest BCUT2D eigenvalue weighted by atomic mass is 32.2. The maximum absolute atomic E-state index is 11.6. The van der Waals surface area contributed by atoms with Crippen molar-refractivity contribution in [3.8, 4) is 5.75 Å². The van der Waals surface area contributed by atoms with E-state index in [0.29, 0.717) is 18.7 Å². The Labute approximate surface area is 143 Å². The van der Waals surface area contributed by atoms with E-state index in [-0.39, 0.29) is 6.54 Å². The van der Waals surface area contributed by atoms with Gasteiger partial charge in [-0.05, 0) is 24.1 Å². The van der Waals surface area contributed by atoms with Crippen molar-refractivity contribution in [2.24, 2.45) is 0 Å². The van der Waals surface area contributed by atoms with Gasteiger partial charge < -0.3 is 9.64 Å². The quantitative estimate of drug-likeness (QED) is 0.740. The molecular weight excluding hydrogens is 326 g/mol. The summed E-state index contributed by atoms with van der Waals surface area (Å²) in [6.45, 7) is 2.50. The number of methoxy groups -OCH3 is 1. The van der Waals surface area contributed by atoms with Crippen molar-refractivity contribution in [1.29, 1.82) is 0 Å². The van der Waals surface area contributed by atoms with Gasteiger partial charge in [-0.25, -0.2) is 0 Å². The minimum Gasteiger partial charge on any atom is -0.497 e. The Balaban J connectivity index is 2.33. The Morgan fingerprint density at radius 3 is 2.42 bits per heavy atom. The van der Waals surface area contributed by atoms with Gasteiger partial charge in [-0.3, -0.25) is 4.55 Å². The summed E-state index contributed by atoms with van der Waals surface area (Å²) in [5, 5.41) is -0.840. The SMILES string of the molecule is CCC(CN(Cc1ccccc1)c1cccc(OC)c1)S(=O)(=O)O. The number of rotatable bonds is 8. The van der Waals surface area contributed by atoms with Crippen LogP contribution in [0, 0.1) is 0 Å². The minimum absolute atomic E-state index is 0.206. The van der Waals surface area contributed by atoms with Gasteiger partial charge in [0.25, 0.3) is 10.1 Å². The molecule has 130 valence electrons. The number of ether oxygens (including phenoxy) is 1. The van der Waals surface area contributed by atoms with E-state index in [0.717, 1.165) is 11.3 Å². The van der Waals surface area contributed by atoms with Crippen LogP contribution in [0.15, 0.2) is 54.6 Å². The third kappa shape index (κ3) is 4.97. The number of hydrogen-bond donors (Lipinski definition) is 1. The maximum Gasteiger partial charge on any atom is 0.269 e. The van der Waals surface area contributed by atoms with Crippen LogP contribution in [0.5, 0.6) is 5.75 Å². The molecule has 2 rings (SSSR count). The molecule has 0 amide bonds. The predicted octanol–water partition coefficient (Wildman–Crippen LogP) is 3.37. The second-order valence-corrected chi connectivity index (χ2v) is 7.31. The molecule has 24 heavy (non-hydrogen) atoms. The molecule has 0 bridgehead atoms. The zero-order valence-electron chi connectivity index (χ0n) is 13.9. The summed E-state index contributed by atoms with van der Waals surface area (Å²) in [7, 11) is -2.51. The fourth-order valence-corrected chi connectivity index (χ4v) is 3.34. The standard InChI is InChI=1S/C18H23NO4S/c1-3-18(24(20,21)22)14-19(13-15-8-5-4-6-9-15)16-10-7-11-17(12-16)23-2/h4-12,18H,3,13-14H2,1-2H3,(H,20,21,22). The highest BCUT2D eigenvalue weighted by Crippen LogP contribution is 2.24. The average molecular weight is 349 g/mol. The molecule has 0 saturated carbocycles. The maximum atomic E-state index is 11.6. The first-order valence-electron chi connectivity index (χ1n) is 7.83. The topological polar surface area (TPSA) is 66.8 Å². The second kappa shape index (κ2) is 8.17. The monoisotopic (exact) mass is 349 g/mol. The lowest BCUT2D eigenvalue weighted by Crippen LogP contribution is -2.36. The fourth-order valence-electron chi connectivity index (χ4n) is 2.55. The molecular formula is C18H23NO4S. The van der Waals surface area contributed by atoms with E-state index in [1.54, 1.807) is 14.0 Å². The lowest BCUT2D eigenvalue weighted by Gasteiger charge is -2.28. The second-order valence-electron chi connectivity index (χ2n) is 5.61.